The summed E-state index contributed by atoms with van der Waals surface area (Å²) in [6.45, 7) is 2.81. The van der Waals surface area contributed by atoms with Crippen LogP contribution in [-0.2, 0) is 16.6 Å². The first-order chi connectivity index (χ1) is 14.2. The Morgan fingerprint density at radius 2 is 1.86 bits per heavy atom. The number of aliphatic imine (C=N–C) groups is 1. The van der Waals surface area contributed by atoms with Crippen LogP contribution in [0.4, 0.5) is 4.39 Å². The molecular formula is C23H28FN3O2. The summed E-state index contributed by atoms with van der Waals surface area (Å²) in [5.74, 6) is 1.51. The van der Waals surface area contributed by atoms with Gasteiger partial charge in [0.25, 0.3) is 0 Å². The van der Waals surface area contributed by atoms with Crippen LogP contribution in [-0.4, -0.2) is 45.4 Å². The molecule has 1 atom stereocenters. The Balaban J connectivity index is 1.36. The zero-order valence-corrected chi connectivity index (χ0v) is 16.8. The maximum Gasteiger partial charge on any atom is 0.191 e. The Labute approximate surface area is 171 Å². The van der Waals surface area contributed by atoms with E-state index in [-0.39, 0.29) is 17.3 Å². The van der Waals surface area contributed by atoms with Crippen molar-refractivity contribution in [2.45, 2.75) is 30.8 Å². The summed E-state index contributed by atoms with van der Waals surface area (Å²) in [7, 11) is 1.77. The molecule has 1 saturated heterocycles. The molecule has 0 aromatic heterocycles. The molecule has 0 radical (unpaired) electrons. The molecule has 29 heavy (non-hydrogen) atoms. The standard InChI is InChI=1S/C23H28FN3O2/c1-25-22(26-15-20-14-17-4-2-3-5-21(17)29-20)27-16-23(10-12-28-13-11-23)18-6-8-19(24)9-7-18/h2-9,20H,10-16H2,1H3,(H2,25,26,27). The molecule has 2 N–H and O–H groups in total. The number of rotatable bonds is 5. The van der Waals surface area contributed by atoms with Crippen LogP contribution in [0.2, 0.25) is 0 Å². The largest absolute Gasteiger partial charge is 0.488 e. The van der Waals surface area contributed by atoms with Gasteiger partial charge in [-0.05, 0) is 42.2 Å². The van der Waals surface area contributed by atoms with Crippen molar-refractivity contribution in [2.75, 3.05) is 33.4 Å². The number of hydrogen-bond acceptors (Lipinski definition) is 3. The van der Waals surface area contributed by atoms with E-state index in [1.54, 1.807) is 7.05 Å². The number of nitrogens with zero attached hydrogens (tertiary/aromatic N) is 1. The van der Waals surface area contributed by atoms with E-state index in [4.69, 9.17) is 9.47 Å². The van der Waals surface area contributed by atoms with Gasteiger partial charge in [0.2, 0.25) is 0 Å². The second kappa shape index (κ2) is 8.82. The first-order valence-corrected chi connectivity index (χ1v) is 10.2. The predicted molar refractivity (Wildman–Crippen MR) is 112 cm³/mol. The fourth-order valence-corrected chi connectivity index (χ4v) is 4.18. The van der Waals surface area contributed by atoms with E-state index in [0.717, 1.165) is 36.5 Å². The molecule has 6 heteroatoms. The lowest BCUT2D eigenvalue weighted by molar-refractivity contribution is 0.0513. The van der Waals surface area contributed by atoms with E-state index in [9.17, 15) is 4.39 Å². The predicted octanol–water partition coefficient (Wildman–Crippen LogP) is 3.04. The van der Waals surface area contributed by atoms with Crippen molar-refractivity contribution >= 4 is 5.96 Å². The Kier molecular flexibility index (Phi) is 6.00. The molecule has 2 aromatic carbocycles. The maximum absolute atomic E-state index is 13.4. The van der Waals surface area contributed by atoms with Gasteiger partial charge in [-0.3, -0.25) is 4.99 Å². The highest BCUT2D eigenvalue weighted by Crippen LogP contribution is 2.34. The van der Waals surface area contributed by atoms with Crippen LogP contribution < -0.4 is 15.4 Å². The first kappa shape index (κ1) is 19.7. The second-order valence-electron chi connectivity index (χ2n) is 7.76. The summed E-state index contributed by atoms with van der Waals surface area (Å²) in [6.07, 6.45) is 2.78. The third kappa shape index (κ3) is 4.53. The molecule has 2 aromatic rings. The van der Waals surface area contributed by atoms with E-state index in [1.807, 2.05) is 30.3 Å². The minimum absolute atomic E-state index is 0.0936. The van der Waals surface area contributed by atoms with E-state index in [1.165, 1.54) is 17.7 Å². The monoisotopic (exact) mass is 397 g/mol. The van der Waals surface area contributed by atoms with Crippen LogP contribution in [0.15, 0.2) is 53.5 Å². The maximum atomic E-state index is 13.4. The molecule has 0 amide bonds. The molecule has 0 spiro atoms. The Hall–Kier alpha value is -2.60. The van der Waals surface area contributed by atoms with Gasteiger partial charge in [0, 0.05) is 38.6 Å². The number of guanidine groups is 1. The third-order valence-corrected chi connectivity index (χ3v) is 5.94. The van der Waals surface area contributed by atoms with Crippen molar-refractivity contribution in [3.05, 3.63) is 65.5 Å². The van der Waals surface area contributed by atoms with Gasteiger partial charge in [-0.2, -0.15) is 0 Å². The van der Waals surface area contributed by atoms with Crippen molar-refractivity contribution in [2.24, 2.45) is 4.99 Å². The molecule has 154 valence electrons. The normalized spacial score (nSPS) is 20.6. The molecule has 0 aliphatic carbocycles. The number of halogens is 1. The lowest BCUT2D eigenvalue weighted by Gasteiger charge is -2.38. The summed E-state index contributed by atoms with van der Waals surface area (Å²) in [5, 5.41) is 6.86. The molecule has 1 unspecified atom stereocenters. The zero-order chi connectivity index (χ0) is 20.1. The Morgan fingerprint density at radius 1 is 1.10 bits per heavy atom. The summed E-state index contributed by atoms with van der Waals surface area (Å²) < 4.78 is 25.0. The molecule has 1 fully saturated rings. The van der Waals surface area contributed by atoms with Crippen molar-refractivity contribution in [3.63, 3.8) is 0 Å². The lowest BCUT2D eigenvalue weighted by atomic mass is 9.74. The van der Waals surface area contributed by atoms with Crippen LogP contribution in [0.3, 0.4) is 0 Å². The van der Waals surface area contributed by atoms with Gasteiger partial charge >= 0.3 is 0 Å². The van der Waals surface area contributed by atoms with Crippen LogP contribution >= 0.6 is 0 Å². The molecule has 2 aliphatic rings. The average Bonchev–Trinajstić information content (AvgIpc) is 3.18. The van der Waals surface area contributed by atoms with Crippen LogP contribution in [0.1, 0.15) is 24.0 Å². The fraction of sp³-hybridized carbons (Fsp3) is 0.435. The Bertz CT molecular complexity index is 822. The zero-order valence-electron chi connectivity index (χ0n) is 16.8. The minimum Gasteiger partial charge on any atom is -0.488 e. The highest BCUT2D eigenvalue weighted by atomic mass is 19.1. The number of nitrogens with one attached hydrogen (secondary N) is 2. The highest BCUT2D eigenvalue weighted by molar-refractivity contribution is 5.79. The van der Waals surface area contributed by atoms with E-state index < -0.39 is 0 Å². The lowest BCUT2D eigenvalue weighted by Crippen LogP contribution is -2.49. The number of ether oxygens (including phenoxy) is 2. The van der Waals surface area contributed by atoms with Gasteiger partial charge in [0.15, 0.2) is 5.96 Å². The van der Waals surface area contributed by atoms with E-state index in [0.29, 0.717) is 26.3 Å². The Morgan fingerprint density at radius 3 is 2.59 bits per heavy atom. The third-order valence-electron chi connectivity index (χ3n) is 5.94. The van der Waals surface area contributed by atoms with Gasteiger partial charge in [-0.1, -0.05) is 30.3 Å². The molecule has 4 rings (SSSR count). The van der Waals surface area contributed by atoms with Gasteiger partial charge < -0.3 is 20.1 Å². The SMILES string of the molecule is CN=C(NCC1Cc2ccccc2O1)NCC1(c2ccc(F)cc2)CCOCC1. The van der Waals surface area contributed by atoms with Crippen LogP contribution in [0, 0.1) is 5.82 Å². The smallest absolute Gasteiger partial charge is 0.191 e. The number of hydrogen-bond donors (Lipinski definition) is 2. The van der Waals surface area contributed by atoms with Crippen molar-refractivity contribution in [1.82, 2.24) is 10.6 Å². The van der Waals surface area contributed by atoms with Crippen molar-refractivity contribution in [3.8, 4) is 5.75 Å². The van der Waals surface area contributed by atoms with Crippen molar-refractivity contribution in [1.29, 1.82) is 0 Å². The van der Waals surface area contributed by atoms with Gasteiger partial charge in [0.1, 0.15) is 17.7 Å². The molecular weight excluding hydrogens is 369 g/mol. The molecule has 0 bridgehead atoms. The highest BCUT2D eigenvalue weighted by Gasteiger charge is 2.34. The second-order valence-corrected chi connectivity index (χ2v) is 7.76. The van der Waals surface area contributed by atoms with Gasteiger partial charge in [0.05, 0.1) is 6.54 Å². The topological polar surface area (TPSA) is 54.9 Å². The molecule has 2 aliphatic heterocycles. The molecule has 5 nitrogen and oxygen atoms in total. The fourth-order valence-electron chi connectivity index (χ4n) is 4.18. The number of para-hydroxylation sites is 1. The van der Waals surface area contributed by atoms with E-state index in [2.05, 4.69) is 21.7 Å². The summed E-state index contributed by atoms with van der Waals surface area (Å²) >= 11 is 0. The molecule has 0 saturated carbocycles. The minimum atomic E-state index is -0.209. The number of fused-ring (bicyclic) bond motifs is 1. The molecule has 2 heterocycles. The summed E-state index contributed by atoms with van der Waals surface area (Å²) in [4.78, 5) is 4.37. The van der Waals surface area contributed by atoms with Gasteiger partial charge in [-0.15, -0.1) is 0 Å². The van der Waals surface area contributed by atoms with Crippen molar-refractivity contribution < 1.29 is 13.9 Å². The summed E-state index contributed by atoms with van der Waals surface area (Å²) in [5.41, 5.74) is 2.29. The summed E-state index contributed by atoms with van der Waals surface area (Å²) in [6, 6.07) is 15.0. The first-order valence-electron chi connectivity index (χ1n) is 10.2. The average molecular weight is 397 g/mol. The quantitative estimate of drug-likeness (QED) is 0.602. The van der Waals surface area contributed by atoms with E-state index >= 15 is 0 Å². The van der Waals surface area contributed by atoms with Gasteiger partial charge in [-0.25, -0.2) is 4.39 Å². The van der Waals surface area contributed by atoms with Crippen LogP contribution in [0.5, 0.6) is 5.75 Å². The number of benzene rings is 2. The van der Waals surface area contributed by atoms with Crippen LogP contribution in [0.25, 0.3) is 0 Å².